The molecule has 0 aromatic carbocycles. The molecule has 98 valence electrons. The fourth-order valence-electron chi connectivity index (χ4n) is 2.28. The molecule has 3 heterocycles. The van der Waals surface area contributed by atoms with Crippen LogP contribution >= 0.6 is 12.2 Å². The van der Waals surface area contributed by atoms with Crippen molar-refractivity contribution in [1.29, 1.82) is 0 Å². The Kier molecular flexibility index (Phi) is 2.94. The summed E-state index contributed by atoms with van der Waals surface area (Å²) in [7, 11) is 0. The van der Waals surface area contributed by atoms with Gasteiger partial charge in [0.25, 0.3) is 0 Å². The van der Waals surface area contributed by atoms with Crippen LogP contribution in [0, 0.1) is 11.7 Å². The standard InChI is InChI=1S/C13H15N5S/c1-3-18-12-11(9(2)16-18)15-13(19)17(12)8-10-6-4-5-7-14-10/h4-7H,3,8H2,1-2H3,(H,15,19). The zero-order valence-electron chi connectivity index (χ0n) is 10.9. The Morgan fingerprint density at radius 1 is 1.37 bits per heavy atom. The lowest BCUT2D eigenvalue weighted by atomic mass is 10.3. The molecule has 5 nitrogen and oxygen atoms in total. The first kappa shape index (κ1) is 12.1. The minimum Gasteiger partial charge on any atom is -0.328 e. The Morgan fingerprint density at radius 2 is 2.21 bits per heavy atom. The Bertz CT molecular complexity index is 766. The van der Waals surface area contributed by atoms with Crippen molar-refractivity contribution in [3.8, 4) is 0 Å². The second kappa shape index (κ2) is 4.62. The summed E-state index contributed by atoms with van der Waals surface area (Å²) < 4.78 is 4.74. The molecule has 0 aliphatic rings. The lowest BCUT2D eigenvalue weighted by Gasteiger charge is -2.05. The summed E-state index contributed by atoms with van der Waals surface area (Å²) in [6.07, 6.45) is 1.80. The van der Waals surface area contributed by atoms with Crippen LogP contribution in [0.1, 0.15) is 18.3 Å². The minimum atomic E-state index is 0.658. The zero-order valence-corrected chi connectivity index (χ0v) is 11.7. The molecule has 0 unspecified atom stereocenters. The third-order valence-electron chi connectivity index (χ3n) is 3.18. The van der Waals surface area contributed by atoms with E-state index in [-0.39, 0.29) is 0 Å². The topological polar surface area (TPSA) is 51.4 Å². The van der Waals surface area contributed by atoms with E-state index >= 15 is 0 Å². The monoisotopic (exact) mass is 273 g/mol. The fraction of sp³-hybridized carbons (Fsp3) is 0.308. The number of aryl methyl sites for hydroxylation is 2. The van der Waals surface area contributed by atoms with Crippen LogP contribution in [0.4, 0.5) is 0 Å². The molecule has 3 rings (SSSR count). The van der Waals surface area contributed by atoms with Crippen molar-refractivity contribution in [3.05, 3.63) is 40.6 Å². The molecule has 0 atom stereocenters. The summed E-state index contributed by atoms with van der Waals surface area (Å²) in [6.45, 7) is 5.54. The second-order valence-electron chi connectivity index (χ2n) is 4.44. The highest BCUT2D eigenvalue weighted by molar-refractivity contribution is 7.71. The number of fused-ring (bicyclic) bond motifs is 1. The Hall–Kier alpha value is -1.95. The third-order valence-corrected chi connectivity index (χ3v) is 3.50. The van der Waals surface area contributed by atoms with Crippen molar-refractivity contribution >= 4 is 23.4 Å². The van der Waals surface area contributed by atoms with Gasteiger partial charge in [0.1, 0.15) is 5.52 Å². The van der Waals surface area contributed by atoms with Crippen LogP contribution in [-0.4, -0.2) is 24.3 Å². The highest BCUT2D eigenvalue weighted by atomic mass is 32.1. The normalized spacial score (nSPS) is 11.3. The predicted octanol–water partition coefficient (Wildman–Crippen LogP) is 2.67. The van der Waals surface area contributed by atoms with Crippen LogP contribution in [0.15, 0.2) is 24.4 Å². The van der Waals surface area contributed by atoms with Gasteiger partial charge in [-0.15, -0.1) is 0 Å². The van der Waals surface area contributed by atoms with Gasteiger partial charge in [0.2, 0.25) is 0 Å². The largest absolute Gasteiger partial charge is 0.328 e. The van der Waals surface area contributed by atoms with E-state index < -0.39 is 0 Å². The number of imidazole rings is 1. The van der Waals surface area contributed by atoms with E-state index in [0.717, 1.165) is 29.1 Å². The molecule has 0 bridgehead atoms. The number of aromatic amines is 1. The summed E-state index contributed by atoms with van der Waals surface area (Å²) in [5.74, 6) is 0. The molecule has 0 saturated carbocycles. The number of nitrogens with one attached hydrogen (secondary N) is 1. The van der Waals surface area contributed by atoms with E-state index in [1.54, 1.807) is 6.20 Å². The summed E-state index contributed by atoms with van der Waals surface area (Å²) >= 11 is 5.41. The minimum absolute atomic E-state index is 0.658. The predicted molar refractivity (Wildman–Crippen MR) is 76.7 cm³/mol. The highest BCUT2D eigenvalue weighted by Crippen LogP contribution is 2.18. The van der Waals surface area contributed by atoms with Crippen molar-refractivity contribution in [3.63, 3.8) is 0 Å². The maximum Gasteiger partial charge on any atom is 0.179 e. The van der Waals surface area contributed by atoms with E-state index in [1.165, 1.54) is 0 Å². The van der Waals surface area contributed by atoms with Gasteiger partial charge in [-0.3, -0.25) is 9.55 Å². The first-order valence-electron chi connectivity index (χ1n) is 6.26. The number of pyridine rings is 1. The number of H-pyrrole nitrogens is 1. The van der Waals surface area contributed by atoms with E-state index in [0.29, 0.717) is 11.3 Å². The van der Waals surface area contributed by atoms with Gasteiger partial charge >= 0.3 is 0 Å². The van der Waals surface area contributed by atoms with Crippen molar-refractivity contribution in [1.82, 2.24) is 24.3 Å². The molecule has 19 heavy (non-hydrogen) atoms. The van der Waals surface area contributed by atoms with Crippen LogP contribution in [0.2, 0.25) is 0 Å². The first-order valence-corrected chi connectivity index (χ1v) is 6.67. The molecule has 3 aromatic heterocycles. The van der Waals surface area contributed by atoms with Crippen molar-refractivity contribution in [2.24, 2.45) is 0 Å². The third kappa shape index (κ3) is 1.98. The van der Waals surface area contributed by atoms with Gasteiger partial charge in [-0.1, -0.05) is 6.07 Å². The number of aromatic nitrogens is 5. The smallest absolute Gasteiger partial charge is 0.179 e. The zero-order chi connectivity index (χ0) is 13.4. The molecule has 3 aromatic rings. The van der Waals surface area contributed by atoms with E-state index in [9.17, 15) is 0 Å². The van der Waals surface area contributed by atoms with Gasteiger partial charge in [-0.05, 0) is 38.2 Å². The average molecular weight is 273 g/mol. The van der Waals surface area contributed by atoms with Crippen LogP contribution in [0.5, 0.6) is 0 Å². The van der Waals surface area contributed by atoms with E-state index in [2.05, 4.69) is 26.6 Å². The van der Waals surface area contributed by atoms with Gasteiger partial charge in [-0.2, -0.15) is 5.10 Å². The molecule has 0 spiro atoms. The molecule has 0 amide bonds. The molecule has 0 fully saturated rings. The summed E-state index contributed by atoms with van der Waals surface area (Å²) in [5.41, 5.74) is 4.02. The molecule has 0 aliphatic heterocycles. The van der Waals surface area contributed by atoms with Crippen LogP contribution < -0.4 is 0 Å². The average Bonchev–Trinajstić information content (AvgIpc) is 2.90. The number of hydrogen-bond donors (Lipinski definition) is 1. The first-order chi connectivity index (χ1) is 9.20. The van der Waals surface area contributed by atoms with E-state index in [1.807, 2.05) is 29.8 Å². The lowest BCUT2D eigenvalue weighted by molar-refractivity contribution is 0.641. The lowest BCUT2D eigenvalue weighted by Crippen LogP contribution is -2.07. The van der Waals surface area contributed by atoms with Crippen molar-refractivity contribution in [2.45, 2.75) is 26.9 Å². The quantitative estimate of drug-likeness (QED) is 0.746. The van der Waals surface area contributed by atoms with Gasteiger partial charge in [0.15, 0.2) is 10.4 Å². The second-order valence-corrected chi connectivity index (χ2v) is 4.82. The SMILES string of the molecule is CCn1nc(C)c2[nH]c(=S)n(Cc3ccccn3)c21. The van der Waals surface area contributed by atoms with Crippen LogP contribution in [-0.2, 0) is 13.1 Å². The fourth-order valence-corrected chi connectivity index (χ4v) is 2.53. The Morgan fingerprint density at radius 3 is 2.89 bits per heavy atom. The maximum atomic E-state index is 5.41. The summed E-state index contributed by atoms with van der Waals surface area (Å²) in [4.78, 5) is 7.59. The summed E-state index contributed by atoms with van der Waals surface area (Å²) in [5, 5.41) is 4.51. The molecule has 0 saturated heterocycles. The van der Waals surface area contributed by atoms with Gasteiger partial charge in [0.05, 0.1) is 17.9 Å². The van der Waals surface area contributed by atoms with E-state index in [4.69, 9.17) is 12.2 Å². The number of hydrogen-bond acceptors (Lipinski definition) is 3. The Balaban J connectivity index is 2.17. The molecule has 1 N–H and O–H groups in total. The maximum absolute atomic E-state index is 5.41. The molecule has 0 radical (unpaired) electrons. The molecule has 6 heteroatoms. The van der Waals surface area contributed by atoms with Crippen LogP contribution in [0.25, 0.3) is 11.2 Å². The van der Waals surface area contributed by atoms with Crippen molar-refractivity contribution in [2.75, 3.05) is 0 Å². The van der Waals surface area contributed by atoms with Crippen LogP contribution in [0.3, 0.4) is 0 Å². The molecule has 0 aliphatic carbocycles. The van der Waals surface area contributed by atoms with Gasteiger partial charge in [0, 0.05) is 12.7 Å². The number of rotatable bonds is 3. The highest BCUT2D eigenvalue weighted by Gasteiger charge is 2.14. The van der Waals surface area contributed by atoms with Gasteiger partial charge < -0.3 is 4.98 Å². The molecular formula is C13H15N5S. The Labute approximate surface area is 115 Å². The molecular weight excluding hydrogens is 258 g/mol. The van der Waals surface area contributed by atoms with Crippen molar-refractivity contribution < 1.29 is 0 Å². The van der Waals surface area contributed by atoms with Gasteiger partial charge in [-0.25, -0.2) is 4.68 Å². The number of nitrogens with zero attached hydrogens (tertiary/aromatic N) is 4. The summed E-state index contributed by atoms with van der Waals surface area (Å²) in [6, 6.07) is 5.90.